The van der Waals surface area contributed by atoms with Crippen LogP contribution in [0.5, 0.6) is 0 Å². The van der Waals surface area contributed by atoms with Gasteiger partial charge in [-0.25, -0.2) is 0 Å². The SMILES string of the molecule is CC1CCCC2COC(=O)C12. The van der Waals surface area contributed by atoms with Crippen molar-refractivity contribution >= 4 is 5.97 Å². The Bertz CT molecular complexity index is 176. The predicted molar refractivity (Wildman–Crippen MR) is 41.0 cm³/mol. The first-order valence-electron chi connectivity index (χ1n) is 4.45. The second-order valence-electron chi connectivity index (χ2n) is 3.82. The molecule has 2 nitrogen and oxygen atoms in total. The molecule has 1 saturated carbocycles. The van der Waals surface area contributed by atoms with Crippen LogP contribution < -0.4 is 0 Å². The number of carbonyl (C=O) groups is 1. The molecular formula is C9H14O2. The summed E-state index contributed by atoms with van der Waals surface area (Å²) < 4.78 is 5.03. The lowest BCUT2D eigenvalue weighted by molar-refractivity contribution is -0.142. The largest absolute Gasteiger partial charge is 0.465 e. The maximum absolute atomic E-state index is 11.2. The number of hydrogen-bond acceptors (Lipinski definition) is 2. The van der Waals surface area contributed by atoms with Crippen molar-refractivity contribution in [2.24, 2.45) is 17.8 Å². The van der Waals surface area contributed by atoms with E-state index in [0.29, 0.717) is 18.4 Å². The Morgan fingerprint density at radius 2 is 2.27 bits per heavy atom. The molecule has 11 heavy (non-hydrogen) atoms. The summed E-state index contributed by atoms with van der Waals surface area (Å²) in [6.07, 6.45) is 3.68. The Balaban J connectivity index is 2.14. The molecule has 1 saturated heterocycles. The van der Waals surface area contributed by atoms with Gasteiger partial charge in [-0.2, -0.15) is 0 Å². The molecular weight excluding hydrogens is 140 g/mol. The first-order chi connectivity index (χ1) is 5.29. The highest BCUT2D eigenvalue weighted by Gasteiger charge is 2.42. The molecule has 0 aromatic heterocycles. The smallest absolute Gasteiger partial charge is 0.309 e. The molecule has 0 bridgehead atoms. The number of cyclic esters (lactones) is 1. The average molecular weight is 154 g/mol. The molecule has 0 radical (unpaired) electrons. The fourth-order valence-electron chi connectivity index (χ4n) is 2.42. The van der Waals surface area contributed by atoms with Crippen LogP contribution in [0.15, 0.2) is 0 Å². The van der Waals surface area contributed by atoms with E-state index in [1.807, 2.05) is 0 Å². The molecule has 0 aromatic carbocycles. The first kappa shape index (κ1) is 7.14. The zero-order valence-corrected chi connectivity index (χ0v) is 6.88. The van der Waals surface area contributed by atoms with Crippen molar-refractivity contribution in [1.82, 2.24) is 0 Å². The van der Waals surface area contributed by atoms with Crippen LogP contribution in [0.4, 0.5) is 0 Å². The summed E-state index contributed by atoms with van der Waals surface area (Å²) in [4.78, 5) is 11.2. The average Bonchev–Trinajstić information content (AvgIpc) is 2.34. The zero-order valence-electron chi connectivity index (χ0n) is 6.88. The fraction of sp³-hybridized carbons (Fsp3) is 0.889. The van der Waals surface area contributed by atoms with Crippen LogP contribution in [-0.2, 0) is 9.53 Å². The van der Waals surface area contributed by atoms with Gasteiger partial charge < -0.3 is 4.74 Å². The number of rotatable bonds is 0. The van der Waals surface area contributed by atoms with E-state index >= 15 is 0 Å². The summed E-state index contributed by atoms with van der Waals surface area (Å²) in [5.41, 5.74) is 0. The second-order valence-corrected chi connectivity index (χ2v) is 3.82. The number of esters is 1. The minimum absolute atomic E-state index is 0.0576. The van der Waals surface area contributed by atoms with Gasteiger partial charge in [-0.1, -0.05) is 13.3 Å². The Kier molecular flexibility index (Phi) is 1.63. The van der Waals surface area contributed by atoms with Gasteiger partial charge in [-0.15, -0.1) is 0 Å². The van der Waals surface area contributed by atoms with E-state index < -0.39 is 0 Å². The van der Waals surface area contributed by atoms with Crippen molar-refractivity contribution in [3.8, 4) is 0 Å². The van der Waals surface area contributed by atoms with Crippen molar-refractivity contribution in [2.45, 2.75) is 26.2 Å². The van der Waals surface area contributed by atoms with Crippen LogP contribution in [0.1, 0.15) is 26.2 Å². The highest BCUT2D eigenvalue weighted by Crippen LogP contribution is 2.39. The standard InChI is InChI=1S/C9H14O2/c1-6-3-2-4-7-5-11-9(10)8(6)7/h6-8H,2-5H2,1H3. The molecule has 3 atom stereocenters. The van der Waals surface area contributed by atoms with Crippen LogP contribution >= 0.6 is 0 Å². The van der Waals surface area contributed by atoms with Gasteiger partial charge in [0.2, 0.25) is 0 Å². The molecule has 2 heteroatoms. The Labute approximate surface area is 66.9 Å². The summed E-state index contributed by atoms with van der Waals surface area (Å²) in [5, 5.41) is 0. The summed E-state index contributed by atoms with van der Waals surface area (Å²) in [6.45, 7) is 2.86. The minimum atomic E-state index is 0.0576. The maximum Gasteiger partial charge on any atom is 0.309 e. The molecule has 0 spiro atoms. The van der Waals surface area contributed by atoms with Gasteiger partial charge in [0.05, 0.1) is 12.5 Å². The predicted octanol–water partition coefficient (Wildman–Crippen LogP) is 1.60. The van der Waals surface area contributed by atoms with Gasteiger partial charge in [-0.3, -0.25) is 4.79 Å². The molecule has 0 N–H and O–H groups in total. The van der Waals surface area contributed by atoms with E-state index in [2.05, 4.69) is 6.92 Å². The zero-order chi connectivity index (χ0) is 7.84. The first-order valence-corrected chi connectivity index (χ1v) is 4.45. The third-order valence-corrected chi connectivity index (χ3v) is 3.07. The second kappa shape index (κ2) is 2.50. The Morgan fingerprint density at radius 3 is 3.00 bits per heavy atom. The molecule has 0 aromatic rings. The number of hydrogen-bond donors (Lipinski definition) is 0. The Hall–Kier alpha value is -0.530. The summed E-state index contributed by atoms with van der Waals surface area (Å²) in [5.74, 6) is 1.40. The lowest BCUT2D eigenvalue weighted by atomic mass is 9.74. The number of fused-ring (bicyclic) bond motifs is 1. The molecule has 62 valence electrons. The van der Waals surface area contributed by atoms with Crippen molar-refractivity contribution in [3.05, 3.63) is 0 Å². The lowest BCUT2D eigenvalue weighted by Gasteiger charge is -2.26. The summed E-state index contributed by atoms with van der Waals surface area (Å²) in [6, 6.07) is 0. The molecule has 1 heterocycles. The number of carbonyl (C=O) groups excluding carboxylic acids is 1. The van der Waals surface area contributed by atoms with E-state index in [1.165, 1.54) is 19.3 Å². The van der Waals surface area contributed by atoms with Gasteiger partial charge in [0.25, 0.3) is 0 Å². The van der Waals surface area contributed by atoms with E-state index in [-0.39, 0.29) is 11.9 Å². The van der Waals surface area contributed by atoms with E-state index in [9.17, 15) is 4.79 Å². The van der Waals surface area contributed by atoms with Gasteiger partial charge in [0, 0.05) is 5.92 Å². The fourth-order valence-corrected chi connectivity index (χ4v) is 2.42. The third kappa shape index (κ3) is 1.05. The maximum atomic E-state index is 11.2. The van der Waals surface area contributed by atoms with E-state index in [4.69, 9.17) is 4.74 Å². The van der Waals surface area contributed by atoms with Crippen molar-refractivity contribution < 1.29 is 9.53 Å². The topological polar surface area (TPSA) is 26.3 Å². The molecule has 3 unspecified atom stereocenters. The van der Waals surface area contributed by atoms with Crippen molar-refractivity contribution in [2.75, 3.05) is 6.61 Å². The van der Waals surface area contributed by atoms with Gasteiger partial charge in [0.15, 0.2) is 0 Å². The molecule has 2 aliphatic rings. The highest BCUT2D eigenvalue weighted by molar-refractivity contribution is 5.75. The van der Waals surface area contributed by atoms with Crippen LogP contribution in [0.25, 0.3) is 0 Å². The van der Waals surface area contributed by atoms with Crippen LogP contribution in [0.2, 0.25) is 0 Å². The highest BCUT2D eigenvalue weighted by atomic mass is 16.5. The minimum Gasteiger partial charge on any atom is -0.465 e. The summed E-state index contributed by atoms with van der Waals surface area (Å²) in [7, 11) is 0. The van der Waals surface area contributed by atoms with E-state index in [0.717, 1.165) is 0 Å². The molecule has 2 rings (SSSR count). The van der Waals surface area contributed by atoms with Crippen molar-refractivity contribution in [3.63, 3.8) is 0 Å². The third-order valence-electron chi connectivity index (χ3n) is 3.07. The van der Waals surface area contributed by atoms with Gasteiger partial charge in [0.1, 0.15) is 0 Å². The molecule has 2 fully saturated rings. The molecule has 0 amide bonds. The van der Waals surface area contributed by atoms with Crippen LogP contribution in [0, 0.1) is 17.8 Å². The van der Waals surface area contributed by atoms with Crippen LogP contribution in [-0.4, -0.2) is 12.6 Å². The van der Waals surface area contributed by atoms with Crippen molar-refractivity contribution in [1.29, 1.82) is 0 Å². The Morgan fingerprint density at radius 1 is 1.45 bits per heavy atom. The molecule has 1 aliphatic heterocycles. The number of ether oxygens (including phenoxy) is 1. The summed E-state index contributed by atoms with van der Waals surface area (Å²) >= 11 is 0. The molecule has 1 aliphatic carbocycles. The normalized spacial score (nSPS) is 43.4. The monoisotopic (exact) mass is 154 g/mol. The van der Waals surface area contributed by atoms with Crippen LogP contribution in [0.3, 0.4) is 0 Å². The van der Waals surface area contributed by atoms with Gasteiger partial charge >= 0.3 is 5.97 Å². The van der Waals surface area contributed by atoms with E-state index in [1.54, 1.807) is 0 Å². The van der Waals surface area contributed by atoms with Gasteiger partial charge in [-0.05, 0) is 18.8 Å². The lowest BCUT2D eigenvalue weighted by Crippen LogP contribution is -2.27. The quantitative estimate of drug-likeness (QED) is 0.495.